The molecular weight excluding hydrogens is 1460 g/mol. The number of benzene rings is 8. The van der Waals surface area contributed by atoms with Crippen LogP contribution in [0.2, 0.25) is 0 Å². The molecule has 113 heavy (non-hydrogen) atoms. The van der Waals surface area contributed by atoms with Gasteiger partial charge in [-0.3, -0.25) is 44.4 Å². The Morgan fingerprint density at radius 3 is 1.23 bits per heavy atom. The number of piperazine rings is 1. The van der Waals surface area contributed by atoms with Gasteiger partial charge < -0.3 is 70.0 Å². The van der Waals surface area contributed by atoms with Crippen LogP contribution in [0.3, 0.4) is 0 Å². The number of rotatable bonds is 17. The van der Waals surface area contributed by atoms with Crippen LogP contribution < -0.4 is 40.2 Å². The number of nitrogens with one attached hydrogen (secondary N) is 12. The topological polar surface area (TPSA) is 406 Å². The summed E-state index contributed by atoms with van der Waals surface area (Å²) in [5.41, 5.74) is 9.50. The molecule has 0 bridgehead atoms. The molecule has 0 saturated carbocycles. The van der Waals surface area contributed by atoms with Crippen molar-refractivity contribution in [2.45, 2.75) is 0 Å². The van der Waals surface area contributed by atoms with E-state index in [2.05, 4.69) is 107 Å². The average molecular weight is 1530 g/mol. The minimum Gasteiger partial charge on any atom is -0.497 e. The number of nitrogens with zero attached hydrogens (tertiary/aromatic N) is 10. The molecule has 0 aliphatic carbocycles. The maximum atomic E-state index is 14.3. The van der Waals surface area contributed by atoms with Gasteiger partial charge >= 0.3 is 0 Å². The number of likely N-dealkylation sites (N-methyl/N-ethyl adjacent to an activating group) is 1. The van der Waals surface area contributed by atoms with E-state index < -0.39 is 46.6 Å². The molecule has 16 aromatic rings. The van der Waals surface area contributed by atoms with Crippen molar-refractivity contribution < 1.29 is 60.5 Å². The van der Waals surface area contributed by atoms with Crippen LogP contribution in [0.1, 0.15) is 51.8 Å². The Morgan fingerprint density at radius 1 is 0.381 bits per heavy atom. The summed E-state index contributed by atoms with van der Waals surface area (Å²) in [6.45, 7) is 2.99. The molecule has 17 rings (SSSR count). The first-order valence-corrected chi connectivity index (χ1v) is 34.5. The van der Waals surface area contributed by atoms with Crippen molar-refractivity contribution in [2.75, 3.05) is 82.9 Å². The van der Waals surface area contributed by atoms with Crippen molar-refractivity contribution >= 4 is 96.4 Å². The summed E-state index contributed by atoms with van der Waals surface area (Å²) >= 11 is 0. The van der Waals surface area contributed by atoms with Gasteiger partial charge in [-0.1, -0.05) is 54.6 Å². The Hall–Kier alpha value is -15.3. The van der Waals surface area contributed by atoms with Crippen LogP contribution in [-0.4, -0.2) is 182 Å². The molecule has 8 aromatic heterocycles. The molecule has 12 N–H and O–H groups in total. The number of H-pyrrole nitrogens is 8. The number of hydrogen-bond acceptors (Lipinski definition) is 18. The van der Waals surface area contributed by atoms with Gasteiger partial charge in [0, 0.05) is 31.7 Å². The fourth-order valence-corrected chi connectivity index (χ4v) is 12.1. The number of para-hydroxylation sites is 6. The molecule has 1 fully saturated rings. The van der Waals surface area contributed by atoms with Crippen LogP contribution in [0.5, 0.6) is 23.0 Å². The number of aromatic nitrogens is 16. The number of carbonyl (C=O) groups excluding carboxylic acids is 5. The molecule has 35 heteroatoms. The van der Waals surface area contributed by atoms with Crippen LogP contribution in [0.25, 0.3) is 90.2 Å². The molecule has 1 saturated heterocycles. The predicted molar refractivity (Wildman–Crippen MR) is 412 cm³/mol. The van der Waals surface area contributed by atoms with E-state index in [0.29, 0.717) is 116 Å². The van der Waals surface area contributed by atoms with Gasteiger partial charge in [-0.2, -0.15) is 20.4 Å². The fraction of sp³-hybridized carbons (Fsp3) is 0.115. The Kier molecular flexibility index (Phi) is 21.8. The van der Waals surface area contributed by atoms with E-state index in [-0.39, 0.29) is 34.4 Å². The van der Waals surface area contributed by atoms with E-state index in [1.54, 1.807) is 42.5 Å². The molecule has 1 aliphatic heterocycles. The maximum absolute atomic E-state index is 14.3. The molecule has 0 radical (unpaired) electrons. The Labute approximate surface area is 636 Å². The Morgan fingerprint density at radius 2 is 0.779 bits per heavy atom. The summed E-state index contributed by atoms with van der Waals surface area (Å²) in [5, 5.41) is 37.7. The first-order valence-electron chi connectivity index (χ1n) is 34.5. The zero-order valence-electron chi connectivity index (χ0n) is 60.4. The summed E-state index contributed by atoms with van der Waals surface area (Å²) in [7, 11) is 7.83. The van der Waals surface area contributed by atoms with Crippen molar-refractivity contribution in [3.05, 3.63) is 240 Å². The van der Waals surface area contributed by atoms with E-state index in [1.807, 2.05) is 84.7 Å². The normalized spacial score (nSPS) is 11.9. The molecule has 0 atom stereocenters. The molecule has 1 aliphatic rings. The van der Waals surface area contributed by atoms with Crippen LogP contribution in [0.15, 0.2) is 189 Å². The largest absolute Gasteiger partial charge is 0.497 e. The van der Waals surface area contributed by atoms with Gasteiger partial charge in [-0.25, -0.2) is 37.5 Å². The van der Waals surface area contributed by atoms with Crippen LogP contribution in [0.4, 0.5) is 40.3 Å². The molecule has 8 aromatic carbocycles. The zero-order valence-corrected chi connectivity index (χ0v) is 60.4. The number of fused-ring (bicyclic) bond motifs is 4. The molecule has 570 valence electrons. The summed E-state index contributed by atoms with van der Waals surface area (Å²) < 4.78 is 76.8. The highest BCUT2D eigenvalue weighted by Crippen LogP contribution is 2.34. The van der Waals surface area contributed by atoms with Gasteiger partial charge in [0.1, 0.15) is 68.6 Å². The van der Waals surface area contributed by atoms with Crippen LogP contribution in [0, 0.1) is 23.3 Å². The van der Waals surface area contributed by atoms with Crippen LogP contribution >= 0.6 is 0 Å². The van der Waals surface area contributed by atoms with Crippen molar-refractivity contribution in [3.8, 4) is 69.1 Å². The van der Waals surface area contributed by atoms with E-state index >= 15 is 0 Å². The van der Waals surface area contributed by atoms with E-state index in [1.165, 1.54) is 89.6 Å². The number of methoxy groups -OCH3 is 4. The lowest BCUT2D eigenvalue weighted by Crippen LogP contribution is -2.47. The second kappa shape index (κ2) is 33.1. The maximum Gasteiger partial charge on any atom is 0.263 e. The third kappa shape index (κ3) is 16.2. The third-order valence-electron chi connectivity index (χ3n) is 17.9. The van der Waals surface area contributed by atoms with E-state index in [4.69, 9.17) is 18.9 Å². The smallest absolute Gasteiger partial charge is 0.263 e. The minimum atomic E-state index is -0.969. The van der Waals surface area contributed by atoms with Gasteiger partial charge in [-0.05, 0) is 116 Å². The van der Waals surface area contributed by atoms with Gasteiger partial charge in [0.05, 0.1) is 131 Å². The number of aromatic amines is 8. The van der Waals surface area contributed by atoms with Gasteiger partial charge in [0.15, 0.2) is 34.9 Å². The number of amides is 5. The molecule has 0 spiro atoms. The number of imidazole rings is 4. The van der Waals surface area contributed by atoms with Crippen molar-refractivity contribution in [1.82, 2.24) is 90.5 Å². The second-order valence-electron chi connectivity index (χ2n) is 25.0. The molecule has 9 heterocycles. The summed E-state index contributed by atoms with van der Waals surface area (Å²) in [6.07, 6.45) is 5.74. The SMILES string of the molecule is CN1CCN(C(=O)c2ccc3nc(-c4[nH]ncc4NC(=O)c4c(F)cccc4F)[nH]c3c2)CC1.COc1ccc(F)c(C(=O)Nc2cn[nH]c2-c2nc3ccccc3[nH]2)c1.COc1cccc(C(=O)Nc2cn[nH]c2-c2nc3ccccc3[nH]2)c1F.COc1cccc(OC)c1C(=O)Nc1cn[nH]c1-c1nc2ccccc2[nH]1. The van der Waals surface area contributed by atoms with Gasteiger partial charge in [-0.15, -0.1) is 0 Å². The number of carbonyl (C=O) groups is 5. The van der Waals surface area contributed by atoms with Crippen molar-refractivity contribution in [3.63, 3.8) is 0 Å². The van der Waals surface area contributed by atoms with Gasteiger partial charge in [0.2, 0.25) is 0 Å². The highest BCUT2D eigenvalue weighted by molar-refractivity contribution is 6.10. The second-order valence-corrected chi connectivity index (χ2v) is 25.0. The molecule has 0 unspecified atom stereocenters. The summed E-state index contributed by atoms with van der Waals surface area (Å²) in [4.78, 5) is 97.8. The monoisotopic (exact) mass is 1530 g/mol. The molecule has 5 amide bonds. The lowest BCUT2D eigenvalue weighted by atomic mass is 10.1. The quantitative estimate of drug-likeness (QED) is 0.0377. The van der Waals surface area contributed by atoms with Crippen LogP contribution in [-0.2, 0) is 0 Å². The predicted octanol–water partition coefficient (Wildman–Crippen LogP) is 12.8. The van der Waals surface area contributed by atoms with E-state index in [9.17, 15) is 41.5 Å². The summed E-state index contributed by atoms with van der Waals surface area (Å²) in [5.74, 6) is -2.70. The fourth-order valence-electron chi connectivity index (χ4n) is 12.1. The van der Waals surface area contributed by atoms with E-state index in [0.717, 1.165) is 58.3 Å². The first kappa shape index (κ1) is 74.6. The van der Waals surface area contributed by atoms with Crippen molar-refractivity contribution in [1.29, 1.82) is 0 Å². The molecule has 31 nitrogen and oxygen atoms in total. The lowest BCUT2D eigenvalue weighted by Gasteiger charge is -2.32. The highest BCUT2D eigenvalue weighted by atomic mass is 19.1. The number of ether oxygens (including phenoxy) is 4. The number of hydrogen-bond donors (Lipinski definition) is 12. The minimum absolute atomic E-state index is 0.00218. The number of halogens is 4. The first-order chi connectivity index (χ1) is 54.9. The highest BCUT2D eigenvalue weighted by Gasteiger charge is 2.27. The Balaban J connectivity index is 0.000000126. The summed E-state index contributed by atoms with van der Waals surface area (Å²) in [6, 6.07) is 44.7. The third-order valence-corrected chi connectivity index (χ3v) is 17.9. The molecular formula is C78H66F4N22O9. The zero-order chi connectivity index (χ0) is 78.8. The average Bonchev–Trinajstić information content (AvgIpc) is 1.67. The number of anilines is 4. The lowest BCUT2D eigenvalue weighted by molar-refractivity contribution is 0.0663. The standard InChI is InChI=1S/C23H21F2N7O2.C19H17N5O3.2C18H14FN5O2/c1-31-7-9-32(10-8-31)23(34)13-5-6-16-17(11-13)28-21(27-16)20-18(12-26-30-20)29-22(33)19-14(24)3-2-4-15(19)25;1-26-14-8-5-9-15(27-2)16(14)19(25)23-13-10-20-24-17(13)18-21-11-6-3-4-7-12(11)22-18;1-26-14-8-4-5-10(15(14)19)18(25)23-13-9-20-24-16(13)17-21-11-6-2-3-7-12(11)22-17;1-26-10-6-7-12(19)11(8-10)18(25)23-15-9-20-24-16(15)17-21-13-4-2-3-5-14(13)22-17/h2-6,11-12H,7-10H2,1H3,(H,26,30)(H,27,28)(H,29,33);3-10H,1-2H3,(H,20,24)(H,21,22)(H,23,25);2*2-9H,1H3,(H,20,24)(H,21,22)(H,23,25). The van der Waals surface area contributed by atoms with Crippen molar-refractivity contribution in [2.24, 2.45) is 0 Å². The Bertz CT molecular complexity index is 5920. The van der Waals surface area contributed by atoms with Gasteiger partial charge in [0.25, 0.3) is 29.5 Å².